The van der Waals surface area contributed by atoms with Gasteiger partial charge in [-0.3, -0.25) is 4.68 Å². The number of nitrogens with one attached hydrogen (secondary N) is 1. The van der Waals surface area contributed by atoms with Crippen LogP contribution >= 0.6 is 0 Å². The molecule has 2 N–H and O–H groups in total. The fourth-order valence-corrected chi connectivity index (χ4v) is 2.47. The van der Waals surface area contributed by atoms with Gasteiger partial charge < -0.3 is 10.4 Å². The van der Waals surface area contributed by atoms with Crippen LogP contribution in [0.2, 0.25) is 0 Å². The summed E-state index contributed by atoms with van der Waals surface area (Å²) in [5.74, 6) is -0.132. The van der Waals surface area contributed by atoms with E-state index in [-0.39, 0.29) is 0 Å². The third kappa shape index (κ3) is 3.24. The molecule has 5 nitrogen and oxygen atoms in total. The SMILES string of the molecule is CC(C1CC1)n1cc(NCc2cccc(C(=O)O)c2)cn1. The van der Waals surface area contributed by atoms with Gasteiger partial charge >= 0.3 is 5.97 Å². The van der Waals surface area contributed by atoms with Gasteiger partial charge in [-0.25, -0.2) is 4.79 Å². The van der Waals surface area contributed by atoms with Gasteiger partial charge in [0.1, 0.15) is 0 Å². The van der Waals surface area contributed by atoms with Crippen molar-refractivity contribution in [3.05, 3.63) is 47.8 Å². The predicted octanol–water partition coefficient (Wildman–Crippen LogP) is 3.16. The summed E-state index contributed by atoms with van der Waals surface area (Å²) >= 11 is 0. The van der Waals surface area contributed by atoms with Crippen LogP contribution in [0.15, 0.2) is 36.7 Å². The number of aromatic carboxylic acids is 1. The van der Waals surface area contributed by atoms with Gasteiger partial charge in [0, 0.05) is 12.7 Å². The quantitative estimate of drug-likeness (QED) is 0.855. The lowest BCUT2D eigenvalue weighted by atomic mass is 10.1. The maximum Gasteiger partial charge on any atom is 0.335 e. The molecule has 1 aliphatic rings. The maximum absolute atomic E-state index is 10.9. The van der Waals surface area contributed by atoms with E-state index in [1.54, 1.807) is 18.2 Å². The summed E-state index contributed by atoms with van der Waals surface area (Å²) in [5.41, 5.74) is 2.22. The van der Waals surface area contributed by atoms with Crippen LogP contribution in [0.3, 0.4) is 0 Å². The Kier molecular flexibility index (Phi) is 3.64. The van der Waals surface area contributed by atoms with Crippen molar-refractivity contribution < 1.29 is 9.90 Å². The lowest BCUT2D eigenvalue weighted by Crippen LogP contribution is -2.07. The molecule has 1 unspecified atom stereocenters. The molecule has 1 fully saturated rings. The van der Waals surface area contributed by atoms with Crippen molar-refractivity contribution in [3.8, 4) is 0 Å². The molecule has 0 amide bonds. The second kappa shape index (κ2) is 5.60. The number of carbonyl (C=O) groups is 1. The maximum atomic E-state index is 10.9. The number of aromatic nitrogens is 2. The summed E-state index contributed by atoms with van der Waals surface area (Å²) in [7, 11) is 0. The third-order valence-corrected chi connectivity index (χ3v) is 3.99. The molecule has 0 bridgehead atoms. The fourth-order valence-electron chi connectivity index (χ4n) is 2.47. The summed E-state index contributed by atoms with van der Waals surface area (Å²) < 4.78 is 2.01. The number of hydrogen-bond acceptors (Lipinski definition) is 3. The molecule has 1 heterocycles. The molecule has 0 saturated heterocycles. The Labute approximate surface area is 123 Å². The van der Waals surface area contributed by atoms with Crippen molar-refractivity contribution in [2.24, 2.45) is 5.92 Å². The van der Waals surface area contributed by atoms with Gasteiger partial charge in [0.2, 0.25) is 0 Å². The van der Waals surface area contributed by atoms with E-state index in [4.69, 9.17) is 5.11 Å². The van der Waals surface area contributed by atoms with Gasteiger partial charge in [0.15, 0.2) is 0 Å². The molecule has 1 aliphatic carbocycles. The predicted molar refractivity (Wildman–Crippen MR) is 80.4 cm³/mol. The molecule has 5 heteroatoms. The zero-order valence-corrected chi connectivity index (χ0v) is 12.0. The first-order valence-electron chi connectivity index (χ1n) is 7.24. The summed E-state index contributed by atoms with van der Waals surface area (Å²) in [4.78, 5) is 10.9. The standard InChI is InChI=1S/C16H19N3O2/c1-11(13-5-6-13)19-10-15(9-18-19)17-8-12-3-2-4-14(7-12)16(20)21/h2-4,7,9-11,13,17H,5-6,8H2,1H3,(H,20,21). The first-order chi connectivity index (χ1) is 10.1. The highest BCUT2D eigenvalue weighted by Gasteiger charge is 2.29. The Morgan fingerprint density at radius 3 is 3.05 bits per heavy atom. The Balaban J connectivity index is 1.62. The van der Waals surface area contributed by atoms with Gasteiger partial charge in [-0.05, 0) is 43.4 Å². The van der Waals surface area contributed by atoms with Gasteiger partial charge in [-0.1, -0.05) is 12.1 Å². The summed E-state index contributed by atoms with van der Waals surface area (Å²) in [6.45, 7) is 2.79. The Morgan fingerprint density at radius 1 is 1.52 bits per heavy atom. The topological polar surface area (TPSA) is 67.2 Å². The zero-order valence-electron chi connectivity index (χ0n) is 12.0. The number of anilines is 1. The Bertz CT molecular complexity index is 646. The molecule has 1 aromatic carbocycles. The molecule has 2 aromatic rings. The van der Waals surface area contributed by atoms with Crippen LogP contribution in [-0.4, -0.2) is 20.9 Å². The van der Waals surface area contributed by atoms with Crippen LogP contribution in [0.1, 0.15) is 41.7 Å². The van der Waals surface area contributed by atoms with Crippen molar-refractivity contribution in [2.45, 2.75) is 32.4 Å². The minimum Gasteiger partial charge on any atom is -0.478 e. The van der Waals surface area contributed by atoms with E-state index in [9.17, 15) is 4.79 Å². The number of carboxylic acid groups (broad SMARTS) is 1. The van der Waals surface area contributed by atoms with E-state index < -0.39 is 5.97 Å². The minimum atomic E-state index is -0.900. The Hall–Kier alpha value is -2.30. The highest BCUT2D eigenvalue weighted by atomic mass is 16.4. The molecule has 1 saturated carbocycles. The molecule has 1 aromatic heterocycles. The van der Waals surface area contributed by atoms with Gasteiger partial charge in [-0.2, -0.15) is 5.10 Å². The molecule has 0 spiro atoms. The monoisotopic (exact) mass is 285 g/mol. The number of carboxylic acids is 1. The highest BCUT2D eigenvalue weighted by Crippen LogP contribution is 2.39. The van der Waals surface area contributed by atoms with E-state index in [2.05, 4.69) is 17.3 Å². The van der Waals surface area contributed by atoms with Crippen molar-refractivity contribution >= 4 is 11.7 Å². The molecule has 3 rings (SSSR count). The van der Waals surface area contributed by atoms with Crippen molar-refractivity contribution in [1.29, 1.82) is 0 Å². The lowest BCUT2D eigenvalue weighted by Gasteiger charge is -2.10. The minimum absolute atomic E-state index is 0.312. The van der Waals surface area contributed by atoms with Crippen molar-refractivity contribution in [1.82, 2.24) is 9.78 Å². The molecule has 110 valence electrons. The number of hydrogen-bond donors (Lipinski definition) is 2. The summed E-state index contributed by atoms with van der Waals surface area (Å²) in [5, 5.41) is 16.7. The first kappa shape index (κ1) is 13.7. The van der Waals surface area contributed by atoms with Gasteiger partial charge in [-0.15, -0.1) is 0 Å². The highest BCUT2D eigenvalue weighted by molar-refractivity contribution is 5.87. The van der Waals surface area contributed by atoms with Crippen LogP contribution in [0.25, 0.3) is 0 Å². The molecular formula is C16H19N3O2. The first-order valence-corrected chi connectivity index (χ1v) is 7.24. The van der Waals surface area contributed by atoms with E-state index in [1.807, 2.05) is 23.1 Å². The van der Waals surface area contributed by atoms with E-state index in [1.165, 1.54) is 12.8 Å². The van der Waals surface area contributed by atoms with Crippen molar-refractivity contribution in [3.63, 3.8) is 0 Å². The largest absolute Gasteiger partial charge is 0.478 e. The summed E-state index contributed by atoms with van der Waals surface area (Å²) in [6.07, 6.45) is 6.43. The van der Waals surface area contributed by atoms with E-state index in [0.29, 0.717) is 18.2 Å². The molecule has 21 heavy (non-hydrogen) atoms. The molecule has 0 aliphatic heterocycles. The van der Waals surface area contributed by atoms with Gasteiger partial charge in [0.05, 0.1) is 23.5 Å². The van der Waals surface area contributed by atoms with Crippen LogP contribution in [0.5, 0.6) is 0 Å². The van der Waals surface area contributed by atoms with E-state index in [0.717, 1.165) is 17.2 Å². The fraction of sp³-hybridized carbons (Fsp3) is 0.375. The second-order valence-corrected chi connectivity index (χ2v) is 5.65. The summed E-state index contributed by atoms with van der Waals surface area (Å²) in [6, 6.07) is 7.42. The molecular weight excluding hydrogens is 266 g/mol. The lowest BCUT2D eigenvalue weighted by molar-refractivity contribution is 0.0697. The average molecular weight is 285 g/mol. The van der Waals surface area contributed by atoms with Crippen molar-refractivity contribution in [2.75, 3.05) is 5.32 Å². The molecule has 1 atom stereocenters. The number of rotatable bonds is 6. The van der Waals surface area contributed by atoms with E-state index >= 15 is 0 Å². The van der Waals surface area contributed by atoms with Crippen LogP contribution in [0, 0.1) is 5.92 Å². The smallest absolute Gasteiger partial charge is 0.335 e. The number of nitrogens with zero attached hydrogens (tertiary/aromatic N) is 2. The third-order valence-electron chi connectivity index (χ3n) is 3.99. The second-order valence-electron chi connectivity index (χ2n) is 5.65. The van der Waals surface area contributed by atoms with Crippen LogP contribution in [0.4, 0.5) is 5.69 Å². The average Bonchev–Trinajstić information content (AvgIpc) is 3.23. The van der Waals surface area contributed by atoms with Crippen LogP contribution < -0.4 is 5.32 Å². The number of benzene rings is 1. The normalized spacial score (nSPS) is 15.7. The molecule has 0 radical (unpaired) electrons. The van der Waals surface area contributed by atoms with Crippen LogP contribution in [-0.2, 0) is 6.54 Å². The Morgan fingerprint density at radius 2 is 2.33 bits per heavy atom. The zero-order chi connectivity index (χ0) is 14.8. The van der Waals surface area contributed by atoms with Gasteiger partial charge in [0.25, 0.3) is 0 Å².